The van der Waals surface area contributed by atoms with Crippen molar-refractivity contribution >= 4 is 11.9 Å². The molecule has 0 radical (unpaired) electrons. The average molecular weight is 558 g/mol. The number of carbonyl (C=O) groups excluding carboxylic acids is 2. The molecule has 0 bridgehead atoms. The Balaban J connectivity index is 1.29. The van der Waals surface area contributed by atoms with E-state index in [0.717, 1.165) is 29.9 Å². The number of likely N-dealkylation sites (N-methyl/N-ethyl adjacent to an activating group) is 1. The van der Waals surface area contributed by atoms with Gasteiger partial charge < -0.3 is 14.0 Å². The molecular weight excluding hydrogens is 500 g/mol. The van der Waals surface area contributed by atoms with Gasteiger partial charge in [0.05, 0.1) is 20.1 Å². The first kappa shape index (κ1) is 29.0. The summed E-state index contributed by atoms with van der Waals surface area (Å²) in [6.45, 7) is 13.1. The number of esters is 2. The fraction of sp³-hybridized carbons (Fsp3) is 0.941. The van der Waals surface area contributed by atoms with E-state index in [1.165, 1.54) is 90.1 Å². The first-order valence-corrected chi connectivity index (χ1v) is 17.0. The summed E-state index contributed by atoms with van der Waals surface area (Å²) in [5.74, 6) is 2.50. The molecule has 4 saturated carbocycles. The number of hydrogen-bond donors (Lipinski definition) is 0. The molecule has 2 heterocycles. The number of hydrogen-bond acceptors (Lipinski definition) is 5. The number of ether oxygens (including phenoxy) is 2. The van der Waals surface area contributed by atoms with Crippen LogP contribution in [0.1, 0.15) is 111 Å². The summed E-state index contributed by atoms with van der Waals surface area (Å²) in [6.07, 6.45) is 16.3. The molecule has 2 saturated heterocycles. The third-order valence-corrected chi connectivity index (χ3v) is 13.7. The van der Waals surface area contributed by atoms with Crippen LogP contribution in [0.25, 0.3) is 0 Å². The highest BCUT2D eigenvalue weighted by Gasteiger charge is 2.67. The van der Waals surface area contributed by atoms with Crippen molar-refractivity contribution in [1.29, 1.82) is 0 Å². The minimum absolute atomic E-state index is 0.0466. The fourth-order valence-electron chi connectivity index (χ4n) is 11.7. The van der Waals surface area contributed by atoms with Crippen LogP contribution < -0.4 is 0 Å². The molecule has 6 fully saturated rings. The molecule has 4 aliphatic carbocycles. The van der Waals surface area contributed by atoms with Gasteiger partial charge in [0, 0.05) is 31.7 Å². The molecule has 10 atom stereocenters. The van der Waals surface area contributed by atoms with Crippen LogP contribution in [0.5, 0.6) is 0 Å². The summed E-state index contributed by atoms with van der Waals surface area (Å²) >= 11 is 0. The lowest BCUT2D eigenvalue weighted by Crippen LogP contribution is -2.61. The molecule has 0 aromatic rings. The predicted octanol–water partition coefficient (Wildman–Crippen LogP) is 5.97. The van der Waals surface area contributed by atoms with Gasteiger partial charge in [0.25, 0.3) is 0 Å². The third kappa shape index (κ3) is 4.85. The molecule has 0 amide bonds. The molecule has 2 aliphatic heterocycles. The van der Waals surface area contributed by atoms with Gasteiger partial charge in [0.1, 0.15) is 12.1 Å². The molecule has 40 heavy (non-hydrogen) atoms. The van der Waals surface area contributed by atoms with Crippen LogP contribution in [0.2, 0.25) is 0 Å². The molecule has 0 spiro atoms. The second kappa shape index (κ2) is 10.8. The van der Waals surface area contributed by atoms with Crippen molar-refractivity contribution in [2.45, 2.75) is 135 Å². The number of piperidine rings is 2. The second-order valence-corrected chi connectivity index (χ2v) is 15.8. The van der Waals surface area contributed by atoms with Crippen molar-refractivity contribution in [2.24, 2.45) is 34.5 Å². The average Bonchev–Trinajstić information content (AvgIpc) is 3.21. The van der Waals surface area contributed by atoms with Gasteiger partial charge in [-0.1, -0.05) is 20.3 Å². The number of fused-ring (bicyclic) bond motifs is 5. The maximum absolute atomic E-state index is 12.5. The fourth-order valence-corrected chi connectivity index (χ4v) is 11.7. The summed E-state index contributed by atoms with van der Waals surface area (Å²) in [6, 6.07) is 0.796. The van der Waals surface area contributed by atoms with E-state index in [1.807, 2.05) is 0 Å². The lowest BCUT2D eigenvalue weighted by Gasteiger charge is -2.62. The van der Waals surface area contributed by atoms with Gasteiger partial charge in [-0.25, -0.2) is 0 Å². The highest BCUT2D eigenvalue weighted by Crippen LogP contribution is 2.67. The van der Waals surface area contributed by atoms with Crippen LogP contribution in [-0.4, -0.2) is 78.8 Å². The van der Waals surface area contributed by atoms with Crippen LogP contribution in [0.4, 0.5) is 0 Å². The zero-order valence-corrected chi connectivity index (χ0v) is 26.2. The van der Waals surface area contributed by atoms with Gasteiger partial charge in [-0.2, -0.15) is 0 Å². The molecule has 6 aliphatic rings. The molecular formula is C34H57N2O4+. The molecule has 0 aromatic carbocycles. The first-order valence-electron chi connectivity index (χ1n) is 17.0. The van der Waals surface area contributed by atoms with E-state index in [1.54, 1.807) is 13.8 Å². The van der Waals surface area contributed by atoms with E-state index >= 15 is 0 Å². The van der Waals surface area contributed by atoms with Gasteiger partial charge in [0.2, 0.25) is 0 Å². The van der Waals surface area contributed by atoms with Crippen molar-refractivity contribution in [2.75, 3.05) is 33.2 Å². The number of likely N-dealkylation sites (tertiary alicyclic amines) is 2. The van der Waals surface area contributed by atoms with Crippen LogP contribution >= 0.6 is 0 Å². The van der Waals surface area contributed by atoms with E-state index < -0.39 is 0 Å². The number of rotatable bonds is 4. The van der Waals surface area contributed by atoms with Crippen molar-refractivity contribution < 1.29 is 23.5 Å². The Morgan fingerprint density at radius 3 is 2.15 bits per heavy atom. The van der Waals surface area contributed by atoms with Gasteiger partial charge >= 0.3 is 11.9 Å². The third-order valence-electron chi connectivity index (χ3n) is 13.7. The summed E-state index contributed by atoms with van der Waals surface area (Å²) < 4.78 is 13.5. The predicted molar refractivity (Wildman–Crippen MR) is 156 cm³/mol. The highest BCUT2D eigenvalue weighted by molar-refractivity contribution is 5.66. The Kier molecular flexibility index (Phi) is 7.85. The van der Waals surface area contributed by atoms with Crippen LogP contribution in [0.15, 0.2) is 0 Å². The van der Waals surface area contributed by atoms with Gasteiger partial charge in [0.15, 0.2) is 6.10 Å². The summed E-state index contributed by atoms with van der Waals surface area (Å²) in [7, 11) is 2.47. The van der Waals surface area contributed by atoms with Crippen molar-refractivity contribution in [3.05, 3.63) is 0 Å². The van der Waals surface area contributed by atoms with Crippen LogP contribution in [0, 0.1) is 34.5 Å². The van der Waals surface area contributed by atoms with Gasteiger partial charge in [-0.05, 0) is 113 Å². The molecule has 0 aromatic heterocycles. The Morgan fingerprint density at radius 1 is 0.800 bits per heavy atom. The SMILES string of the molecule is CC(=O)O[C@@H]1[C@H]([N+]2(C)CCCCC2)CC2C3CC[C@@H]4C[C@@H](OC(C)=O)[C@H](N5CCCCC5)C[C@@]4(C)C3CC[C@]21C. The molecule has 0 N–H and O–H groups in total. The number of carbonyl (C=O) groups is 2. The van der Waals surface area contributed by atoms with E-state index in [4.69, 9.17) is 9.47 Å². The second-order valence-electron chi connectivity index (χ2n) is 15.8. The lowest BCUT2D eigenvalue weighted by atomic mass is 9.44. The molecule has 6 heteroatoms. The highest BCUT2D eigenvalue weighted by atomic mass is 16.5. The topological polar surface area (TPSA) is 55.8 Å². The Hall–Kier alpha value is -1.14. The maximum atomic E-state index is 12.5. The first-order chi connectivity index (χ1) is 19.0. The maximum Gasteiger partial charge on any atom is 0.303 e. The molecule has 6 nitrogen and oxygen atoms in total. The lowest BCUT2D eigenvalue weighted by molar-refractivity contribution is -0.940. The van der Waals surface area contributed by atoms with Gasteiger partial charge in [-0.15, -0.1) is 0 Å². The van der Waals surface area contributed by atoms with E-state index in [2.05, 4.69) is 25.8 Å². The smallest absolute Gasteiger partial charge is 0.303 e. The van der Waals surface area contributed by atoms with E-state index in [9.17, 15) is 9.59 Å². The summed E-state index contributed by atoms with van der Waals surface area (Å²) in [4.78, 5) is 27.4. The molecule has 6 rings (SSSR count). The molecule has 3 unspecified atom stereocenters. The monoisotopic (exact) mass is 557 g/mol. The zero-order chi connectivity index (χ0) is 28.3. The Morgan fingerprint density at radius 2 is 1.48 bits per heavy atom. The van der Waals surface area contributed by atoms with Crippen molar-refractivity contribution in [3.63, 3.8) is 0 Å². The van der Waals surface area contributed by atoms with Gasteiger partial charge in [-0.3, -0.25) is 14.5 Å². The number of nitrogens with zero attached hydrogens (tertiary/aromatic N) is 2. The number of quaternary nitrogens is 1. The summed E-state index contributed by atoms with van der Waals surface area (Å²) in [5, 5.41) is 0. The van der Waals surface area contributed by atoms with Crippen molar-refractivity contribution in [1.82, 2.24) is 4.90 Å². The Labute approximate surface area is 243 Å². The van der Waals surface area contributed by atoms with Crippen LogP contribution in [0.3, 0.4) is 0 Å². The quantitative estimate of drug-likeness (QED) is 0.315. The summed E-state index contributed by atoms with van der Waals surface area (Å²) in [5.41, 5.74) is 0.377. The minimum atomic E-state index is -0.111. The zero-order valence-electron chi connectivity index (χ0n) is 26.2. The largest absolute Gasteiger partial charge is 0.461 e. The van der Waals surface area contributed by atoms with Crippen LogP contribution in [-0.2, 0) is 19.1 Å². The Bertz CT molecular complexity index is 958. The normalized spacial score (nSPS) is 46.9. The minimum Gasteiger partial charge on any atom is -0.461 e. The standard InChI is InChI=1S/C34H57N2O4/c1-23(37)39-31-20-25-12-13-26-27(34(25,4)22-29(31)35-16-8-6-9-17-35)14-15-33(3)28(26)21-30(32(33)40-24(2)38)36(5)18-10-7-11-19-36/h25-32H,6-22H2,1-5H3/q+1/t25-,26?,27?,28?,29-,30-,31-,32-,33-,34-/m1/s1. The van der Waals surface area contributed by atoms with Crippen molar-refractivity contribution in [3.8, 4) is 0 Å². The molecule has 226 valence electrons. The van der Waals surface area contributed by atoms with E-state index in [0.29, 0.717) is 35.3 Å². The van der Waals surface area contributed by atoms with E-state index in [-0.39, 0.29) is 29.6 Å².